The summed E-state index contributed by atoms with van der Waals surface area (Å²) >= 11 is 0. The van der Waals surface area contributed by atoms with Crippen LogP contribution >= 0.6 is 0 Å². The van der Waals surface area contributed by atoms with Gasteiger partial charge in [0.25, 0.3) is 5.91 Å². The number of aromatic nitrogens is 4. The quantitative estimate of drug-likeness (QED) is 0.662. The Balaban J connectivity index is 1.14. The molecule has 0 bridgehead atoms. The topological polar surface area (TPSA) is 85.2 Å². The normalized spacial score (nSPS) is 19.5. The van der Waals surface area contributed by atoms with Crippen LogP contribution in [-0.4, -0.2) is 49.9 Å². The highest BCUT2D eigenvalue weighted by atomic mass is 19.1. The summed E-state index contributed by atoms with van der Waals surface area (Å²) in [5.74, 6) is -0.377. The Kier molecular flexibility index (Phi) is 5.91. The molecule has 4 heterocycles. The Morgan fingerprint density at radius 2 is 1.97 bits per heavy atom. The number of halogens is 1. The number of piperidine rings is 1. The molecule has 2 aliphatic heterocycles. The SMILES string of the molecule is O=C(NC1CCN(Cc2nnn3c2CO[C@@H](c2ccc(F)cc2)C3)CC1)c1ccccn1. The largest absolute Gasteiger partial charge is 0.365 e. The molecule has 0 saturated carbocycles. The summed E-state index contributed by atoms with van der Waals surface area (Å²) in [6, 6.07) is 11.9. The molecular weight excluding hydrogens is 411 g/mol. The van der Waals surface area contributed by atoms with Gasteiger partial charge < -0.3 is 10.1 Å². The van der Waals surface area contributed by atoms with Crippen LogP contribution in [-0.2, 0) is 24.4 Å². The van der Waals surface area contributed by atoms with Crippen molar-refractivity contribution < 1.29 is 13.9 Å². The average Bonchev–Trinajstić information content (AvgIpc) is 3.23. The average molecular weight is 436 g/mol. The van der Waals surface area contributed by atoms with Crippen molar-refractivity contribution in [2.45, 2.75) is 44.7 Å². The number of hydrogen-bond acceptors (Lipinski definition) is 6. The van der Waals surface area contributed by atoms with Crippen molar-refractivity contribution in [3.63, 3.8) is 0 Å². The third-order valence-electron chi connectivity index (χ3n) is 6.11. The van der Waals surface area contributed by atoms with E-state index in [0.717, 1.165) is 42.9 Å². The molecule has 166 valence electrons. The van der Waals surface area contributed by atoms with Crippen LogP contribution in [0.4, 0.5) is 4.39 Å². The van der Waals surface area contributed by atoms with Crippen molar-refractivity contribution in [3.05, 3.63) is 77.1 Å². The number of amides is 1. The van der Waals surface area contributed by atoms with E-state index in [1.54, 1.807) is 30.5 Å². The molecule has 1 saturated heterocycles. The van der Waals surface area contributed by atoms with Gasteiger partial charge >= 0.3 is 0 Å². The maximum absolute atomic E-state index is 13.2. The first-order valence-electron chi connectivity index (χ1n) is 10.9. The van der Waals surface area contributed by atoms with Gasteiger partial charge in [0.1, 0.15) is 23.3 Å². The minimum absolute atomic E-state index is 0.121. The van der Waals surface area contributed by atoms with Crippen LogP contribution in [0, 0.1) is 5.82 Å². The predicted molar refractivity (Wildman–Crippen MR) is 114 cm³/mol. The standard InChI is InChI=1S/C23H25FN6O2/c24-17-6-4-16(5-7-17)22-14-30-21(15-32-22)20(27-28-30)13-29-11-8-18(9-12-29)26-23(31)19-3-1-2-10-25-19/h1-7,10,18,22H,8-9,11-15H2,(H,26,31)/t22-/m1/s1. The van der Waals surface area contributed by atoms with Gasteiger partial charge in [-0.05, 0) is 42.7 Å². The lowest BCUT2D eigenvalue weighted by Gasteiger charge is -2.32. The minimum Gasteiger partial charge on any atom is -0.365 e. The van der Waals surface area contributed by atoms with E-state index in [0.29, 0.717) is 25.4 Å². The summed E-state index contributed by atoms with van der Waals surface area (Å²) in [6.07, 6.45) is 3.23. The van der Waals surface area contributed by atoms with E-state index in [9.17, 15) is 9.18 Å². The zero-order chi connectivity index (χ0) is 21.9. The van der Waals surface area contributed by atoms with Crippen LogP contribution in [0.5, 0.6) is 0 Å². The number of nitrogens with one attached hydrogen (secondary N) is 1. The van der Waals surface area contributed by atoms with Gasteiger partial charge in [0, 0.05) is 31.9 Å². The number of carbonyl (C=O) groups excluding carboxylic acids is 1. The highest BCUT2D eigenvalue weighted by Crippen LogP contribution is 2.27. The van der Waals surface area contributed by atoms with E-state index in [2.05, 4.69) is 25.5 Å². The van der Waals surface area contributed by atoms with E-state index in [-0.39, 0.29) is 23.9 Å². The first kappa shape index (κ1) is 20.7. The number of benzene rings is 1. The third-order valence-corrected chi connectivity index (χ3v) is 6.11. The first-order chi connectivity index (χ1) is 15.7. The smallest absolute Gasteiger partial charge is 0.270 e. The molecule has 1 aromatic carbocycles. The van der Waals surface area contributed by atoms with Gasteiger partial charge in [0.2, 0.25) is 0 Å². The van der Waals surface area contributed by atoms with E-state index in [1.165, 1.54) is 12.1 Å². The summed E-state index contributed by atoms with van der Waals surface area (Å²) in [6.45, 7) is 3.45. The highest BCUT2D eigenvalue weighted by Gasteiger charge is 2.27. The molecule has 0 radical (unpaired) electrons. The van der Waals surface area contributed by atoms with Crippen LogP contribution < -0.4 is 5.32 Å². The van der Waals surface area contributed by atoms with Crippen LogP contribution in [0.15, 0.2) is 48.7 Å². The molecule has 1 atom stereocenters. The molecule has 0 spiro atoms. The number of pyridine rings is 1. The van der Waals surface area contributed by atoms with Crippen molar-refractivity contribution in [1.82, 2.24) is 30.2 Å². The zero-order valence-corrected chi connectivity index (χ0v) is 17.7. The maximum atomic E-state index is 13.2. The Bertz CT molecular complexity index is 1060. The second-order valence-corrected chi connectivity index (χ2v) is 8.25. The van der Waals surface area contributed by atoms with Crippen LogP contribution in [0.25, 0.3) is 0 Å². The van der Waals surface area contributed by atoms with E-state index in [4.69, 9.17) is 4.74 Å². The zero-order valence-electron chi connectivity index (χ0n) is 17.7. The fraction of sp³-hybridized carbons (Fsp3) is 0.391. The number of likely N-dealkylation sites (tertiary alicyclic amines) is 1. The fourth-order valence-corrected chi connectivity index (χ4v) is 4.27. The molecule has 0 aliphatic carbocycles. The molecule has 2 aliphatic rings. The first-order valence-corrected chi connectivity index (χ1v) is 10.9. The number of rotatable bonds is 5. The van der Waals surface area contributed by atoms with Crippen LogP contribution in [0.1, 0.15) is 46.4 Å². The number of nitrogens with zero attached hydrogens (tertiary/aromatic N) is 5. The molecule has 1 fully saturated rings. The van der Waals surface area contributed by atoms with Gasteiger partial charge in [-0.2, -0.15) is 0 Å². The van der Waals surface area contributed by atoms with E-state index < -0.39 is 0 Å². The second kappa shape index (κ2) is 9.13. The van der Waals surface area contributed by atoms with Gasteiger partial charge in [-0.25, -0.2) is 9.07 Å². The summed E-state index contributed by atoms with van der Waals surface area (Å²) in [4.78, 5) is 18.8. The summed E-state index contributed by atoms with van der Waals surface area (Å²) in [5, 5.41) is 11.8. The van der Waals surface area contributed by atoms with Crippen molar-refractivity contribution in [3.8, 4) is 0 Å². The second-order valence-electron chi connectivity index (χ2n) is 8.25. The Hall–Kier alpha value is -3.17. The summed E-state index contributed by atoms with van der Waals surface area (Å²) in [5.41, 5.74) is 3.31. The number of hydrogen-bond donors (Lipinski definition) is 1. The lowest BCUT2D eigenvalue weighted by molar-refractivity contribution is -0.00220. The fourth-order valence-electron chi connectivity index (χ4n) is 4.27. The van der Waals surface area contributed by atoms with Crippen molar-refractivity contribution in [2.24, 2.45) is 0 Å². The predicted octanol–water partition coefficient (Wildman–Crippen LogP) is 2.48. The molecule has 1 amide bonds. The summed E-state index contributed by atoms with van der Waals surface area (Å²) < 4.78 is 21.1. The lowest BCUT2D eigenvalue weighted by atomic mass is 10.0. The Labute approximate surface area is 185 Å². The number of carbonyl (C=O) groups is 1. The molecule has 32 heavy (non-hydrogen) atoms. The van der Waals surface area contributed by atoms with Crippen molar-refractivity contribution in [1.29, 1.82) is 0 Å². The molecule has 3 aromatic rings. The summed E-state index contributed by atoms with van der Waals surface area (Å²) in [7, 11) is 0. The minimum atomic E-state index is -0.256. The maximum Gasteiger partial charge on any atom is 0.270 e. The molecule has 2 aromatic heterocycles. The van der Waals surface area contributed by atoms with Gasteiger partial charge in [-0.15, -0.1) is 5.10 Å². The van der Waals surface area contributed by atoms with Gasteiger partial charge in [-0.1, -0.05) is 23.4 Å². The third kappa shape index (κ3) is 4.53. The van der Waals surface area contributed by atoms with Gasteiger partial charge in [0.05, 0.1) is 18.8 Å². The molecule has 9 heteroatoms. The number of ether oxygens (including phenoxy) is 1. The lowest BCUT2D eigenvalue weighted by Crippen LogP contribution is -2.44. The van der Waals surface area contributed by atoms with Crippen LogP contribution in [0.2, 0.25) is 0 Å². The number of fused-ring (bicyclic) bond motifs is 1. The van der Waals surface area contributed by atoms with Crippen LogP contribution in [0.3, 0.4) is 0 Å². The van der Waals surface area contributed by atoms with Crippen molar-refractivity contribution in [2.75, 3.05) is 13.1 Å². The van der Waals surface area contributed by atoms with Gasteiger partial charge in [-0.3, -0.25) is 14.7 Å². The Morgan fingerprint density at radius 1 is 1.16 bits per heavy atom. The molecule has 0 unspecified atom stereocenters. The Morgan fingerprint density at radius 3 is 2.72 bits per heavy atom. The highest BCUT2D eigenvalue weighted by molar-refractivity contribution is 5.92. The molecule has 1 N–H and O–H groups in total. The molecule has 8 nitrogen and oxygen atoms in total. The molecular formula is C23H25FN6O2. The van der Waals surface area contributed by atoms with E-state index >= 15 is 0 Å². The monoisotopic (exact) mass is 436 g/mol. The van der Waals surface area contributed by atoms with E-state index in [1.807, 2.05) is 10.7 Å². The van der Waals surface area contributed by atoms with Crippen molar-refractivity contribution >= 4 is 5.91 Å². The molecule has 5 rings (SSSR count). The van der Waals surface area contributed by atoms with Gasteiger partial charge in [0.15, 0.2) is 0 Å².